The average Bonchev–Trinajstić information content (AvgIpc) is 2.98. The van der Waals surface area contributed by atoms with Gasteiger partial charge in [-0.2, -0.15) is 5.10 Å². The molecule has 0 bridgehead atoms. The minimum Gasteiger partial charge on any atom is -0.495 e. The van der Waals surface area contributed by atoms with Crippen LogP contribution in [0.2, 0.25) is 5.02 Å². The molecule has 0 atom stereocenters. The molecule has 8 heteroatoms. The number of nitrogens with one attached hydrogen (secondary N) is 2. The second kappa shape index (κ2) is 5.45. The van der Waals surface area contributed by atoms with Gasteiger partial charge < -0.3 is 14.8 Å². The molecule has 108 valence electrons. The first kappa shape index (κ1) is 13.4. The molecule has 3 rings (SSSR count). The Morgan fingerprint density at radius 3 is 2.71 bits per heavy atom. The molecule has 1 aromatic carbocycles. The number of ether oxygens (including phenoxy) is 2. The van der Waals surface area contributed by atoms with E-state index < -0.39 is 0 Å². The summed E-state index contributed by atoms with van der Waals surface area (Å²) >= 11 is 6.09. The molecule has 0 saturated heterocycles. The Labute approximate surface area is 125 Å². The number of hydrogen-bond donors (Lipinski definition) is 2. The molecular formula is C13H12ClN5O2. The van der Waals surface area contributed by atoms with Gasteiger partial charge in [-0.3, -0.25) is 5.10 Å². The number of nitrogens with zero attached hydrogens (tertiary/aromatic N) is 3. The molecule has 0 unspecified atom stereocenters. The Bertz CT molecular complexity index is 789. The molecule has 0 aliphatic carbocycles. The van der Waals surface area contributed by atoms with E-state index in [-0.39, 0.29) is 0 Å². The minimum atomic E-state index is 0.469. The zero-order valence-corrected chi connectivity index (χ0v) is 12.1. The minimum absolute atomic E-state index is 0.469. The lowest BCUT2D eigenvalue weighted by Crippen LogP contribution is -1.99. The number of anilines is 2. The highest BCUT2D eigenvalue weighted by atomic mass is 35.5. The van der Waals surface area contributed by atoms with Crippen molar-refractivity contribution in [3.8, 4) is 11.5 Å². The highest BCUT2D eigenvalue weighted by Gasteiger charge is 2.12. The van der Waals surface area contributed by atoms with Crippen LogP contribution in [0, 0.1) is 0 Å². The van der Waals surface area contributed by atoms with Gasteiger partial charge in [0.25, 0.3) is 0 Å². The van der Waals surface area contributed by atoms with Crippen LogP contribution in [-0.4, -0.2) is 34.4 Å². The van der Waals surface area contributed by atoms with Crippen molar-refractivity contribution in [3.63, 3.8) is 0 Å². The summed E-state index contributed by atoms with van der Waals surface area (Å²) in [4.78, 5) is 8.30. The molecule has 0 aliphatic heterocycles. The first-order valence-corrected chi connectivity index (χ1v) is 6.43. The summed E-state index contributed by atoms with van der Waals surface area (Å²) in [6, 6.07) is 3.42. The average molecular weight is 306 g/mol. The highest BCUT2D eigenvalue weighted by Crippen LogP contribution is 2.37. The number of benzene rings is 1. The molecule has 0 fully saturated rings. The Morgan fingerprint density at radius 1 is 1.14 bits per heavy atom. The number of aromatic nitrogens is 4. The predicted molar refractivity (Wildman–Crippen MR) is 79.5 cm³/mol. The number of H-pyrrole nitrogens is 1. The van der Waals surface area contributed by atoms with Crippen LogP contribution in [0.1, 0.15) is 0 Å². The fourth-order valence-corrected chi connectivity index (χ4v) is 2.18. The van der Waals surface area contributed by atoms with Gasteiger partial charge in [-0.15, -0.1) is 0 Å². The van der Waals surface area contributed by atoms with Gasteiger partial charge in [-0.05, 0) is 0 Å². The van der Waals surface area contributed by atoms with Crippen LogP contribution in [0.4, 0.5) is 11.5 Å². The van der Waals surface area contributed by atoms with Crippen LogP contribution in [0.25, 0.3) is 11.0 Å². The smallest absolute Gasteiger partial charge is 0.160 e. The van der Waals surface area contributed by atoms with Crippen molar-refractivity contribution >= 4 is 34.1 Å². The third-order valence-electron chi connectivity index (χ3n) is 2.98. The van der Waals surface area contributed by atoms with Gasteiger partial charge in [0.1, 0.15) is 23.6 Å². The number of halogens is 1. The Balaban J connectivity index is 2.06. The lowest BCUT2D eigenvalue weighted by atomic mass is 10.2. The van der Waals surface area contributed by atoms with Crippen molar-refractivity contribution in [2.24, 2.45) is 0 Å². The van der Waals surface area contributed by atoms with E-state index >= 15 is 0 Å². The summed E-state index contributed by atoms with van der Waals surface area (Å²) in [6.07, 6.45) is 3.10. The monoisotopic (exact) mass is 305 g/mol. The number of aromatic amines is 1. The van der Waals surface area contributed by atoms with E-state index in [1.807, 2.05) is 0 Å². The topological polar surface area (TPSA) is 85.0 Å². The normalized spacial score (nSPS) is 10.6. The lowest BCUT2D eigenvalue weighted by Gasteiger charge is -2.13. The molecule has 0 radical (unpaired) electrons. The van der Waals surface area contributed by atoms with Crippen molar-refractivity contribution in [2.75, 3.05) is 19.5 Å². The zero-order valence-electron chi connectivity index (χ0n) is 11.3. The van der Waals surface area contributed by atoms with Crippen LogP contribution in [0.3, 0.4) is 0 Å². The van der Waals surface area contributed by atoms with Gasteiger partial charge in [0, 0.05) is 12.1 Å². The van der Waals surface area contributed by atoms with E-state index in [1.54, 1.807) is 32.5 Å². The summed E-state index contributed by atoms with van der Waals surface area (Å²) in [5, 5.41) is 11.2. The molecular weight excluding hydrogens is 294 g/mol. The van der Waals surface area contributed by atoms with Gasteiger partial charge in [-0.1, -0.05) is 11.6 Å². The van der Waals surface area contributed by atoms with Gasteiger partial charge >= 0.3 is 0 Å². The summed E-state index contributed by atoms with van der Waals surface area (Å²) in [5.74, 6) is 1.73. The first-order valence-electron chi connectivity index (χ1n) is 6.05. The van der Waals surface area contributed by atoms with Gasteiger partial charge in [0.05, 0.1) is 36.5 Å². The maximum Gasteiger partial charge on any atom is 0.160 e. The molecule has 3 aromatic rings. The third-order valence-corrected chi connectivity index (χ3v) is 3.27. The Morgan fingerprint density at radius 2 is 1.95 bits per heavy atom. The molecule has 0 aliphatic rings. The predicted octanol–water partition coefficient (Wildman–Crippen LogP) is 2.77. The van der Waals surface area contributed by atoms with Crippen LogP contribution < -0.4 is 14.8 Å². The summed E-state index contributed by atoms with van der Waals surface area (Å²) in [5.41, 5.74) is 1.33. The molecule has 0 spiro atoms. The molecule has 21 heavy (non-hydrogen) atoms. The van der Waals surface area contributed by atoms with Crippen LogP contribution >= 0.6 is 11.6 Å². The molecule has 2 heterocycles. The summed E-state index contributed by atoms with van der Waals surface area (Å²) in [6.45, 7) is 0. The van der Waals surface area contributed by atoms with Gasteiger partial charge in [0.15, 0.2) is 5.65 Å². The first-order chi connectivity index (χ1) is 10.2. The molecule has 0 saturated carbocycles. The number of hydrogen-bond acceptors (Lipinski definition) is 6. The number of rotatable bonds is 4. The second-order valence-electron chi connectivity index (χ2n) is 4.17. The summed E-state index contributed by atoms with van der Waals surface area (Å²) in [7, 11) is 3.12. The maximum atomic E-state index is 6.09. The lowest BCUT2D eigenvalue weighted by molar-refractivity contribution is 0.405. The fraction of sp³-hybridized carbons (Fsp3) is 0.154. The molecule has 7 nitrogen and oxygen atoms in total. The van der Waals surface area contributed by atoms with Gasteiger partial charge in [-0.25, -0.2) is 9.97 Å². The standard InChI is InChI=1S/C13H12ClN5O2/c1-20-10-4-9(11(21-2)3-8(10)14)18-12-7-5-17-19-13(7)16-6-15-12/h3-6H,1-2H3,(H2,15,16,17,18,19). The van der Waals surface area contributed by atoms with E-state index in [4.69, 9.17) is 21.1 Å². The Kier molecular flexibility index (Phi) is 3.49. The summed E-state index contributed by atoms with van der Waals surface area (Å²) < 4.78 is 10.5. The second-order valence-corrected chi connectivity index (χ2v) is 4.57. The molecule has 2 N–H and O–H groups in total. The van der Waals surface area contributed by atoms with Crippen molar-refractivity contribution in [1.29, 1.82) is 0 Å². The molecule has 0 amide bonds. The fourth-order valence-electron chi connectivity index (χ4n) is 1.95. The zero-order chi connectivity index (χ0) is 14.8. The van der Waals surface area contributed by atoms with Crippen molar-refractivity contribution in [2.45, 2.75) is 0 Å². The SMILES string of the molecule is COc1cc(Nc2ncnc3[nH]ncc23)c(OC)cc1Cl. The quantitative estimate of drug-likeness (QED) is 0.771. The van der Waals surface area contributed by atoms with Crippen LogP contribution in [-0.2, 0) is 0 Å². The van der Waals surface area contributed by atoms with E-state index in [2.05, 4.69) is 25.5 Å². The Hall–Kier alpha value is -2.54. The largest absolute Gasteiger partial charge is 0.495 e. The highest BCUT2D eigenvalue weighted by molar-refractivity contribution is 6.32. The van der Waals surface area contributed by atoms with E-state index in [9.17, 15) is 0 Å². The number of fused-ring (bicyclic) bond motifs is 1. The van der Waals surface area contributed by atoms with Crippen LogP contribution in [0.5, 0.6) is 11.5 Å². The van der Waals surface area contributed by atoms with Crippen LogP contribution in [0.15, 0.2) is 24.7 Å². The van der Waals surface area contributed by atoms with Crippen molar-refractivity contribution < 1.29 is 9.47 Å². The maximum absolute atomic E-state index is 6.09. The van der Waals surface area contributed by atoms with E-state index in [0.717, 1.165) is 5.39 Å². The van der Waals surface area contributed by atoms with Crippen molar-refractivity contribution in [1.82, 2.24) is 20.2 Å². The third kappa shape index (κ3) is 2.43. The van der Waals surface area contributed by atoms with Crippen molar-refractivity contribution in [3.05, 3.63) is 29.7 Å². The molecule has 2 aromatic heterocycles. The van der Waals surface area contributed by atoms with E-state index in [1.165, 1.54) is 6.33 Å². The van der Waals surface area contributed by atoms with Gasteiger partial charge in [0.2, 0.25) is 0 Å². The van der Waals surface area contributed by atoms with E-state index in [0.29, 0.717) is 33.7 Å². The number of methoxy groups -OCH3 is 2.